The summed E-state index contributed by atoms with van der Waals surface area (Å²) < 4.78 is 11.9. The van der Waals surface area contributed by atoms with Gasteiger partial charge in [0.05, 0.1) is 29.6 Å². The minimum Gasteiger partial charge on any atom is -0.408 e. The van der Waals surface area contributed by atoms with E-state index in [1.807, 2.05) is 18.2 Å². The van der Waals surface area contributed by atoms with E-state index in [9.17, 15) is 14.4 Å². The van der Waals surface area contributed by atoms with Crippen LogP contribution < -0.4 is 11.3 Å². The van der Waals surface area contributed by atoms with Crippen molar-refractivity contribution >= 4 is 27.9 Å². The first-order valence-electron chi connectivity index (χ1n) is 10.4. The number of aromatic nitrogens is 3. The Bertz CT molecular complexity index is 1350. The largest absolute Gasteiger partial charge is 0.419 e. The number of carbonyl (C=O) groups is 1. The van der Waals surface area contributed by atoms with Gasteiger partial charge in [0.1, 0.15) is 5.82 Å². The summed E-state index contributed by atoms with van der Waals surface area (Å²) in [5.41, 5.74) is 1.57. The minimum absolute atomic E-state index is 0.112. The van der Waals surface area contributed by atoms with Crippen LogP contribution in [0, 0.1) is 0 Å². The van der Waals surface area contributed by atoms with Gasteiger partial charge in [0.15, 0.2) is 5.58 Å². The number of amides is 1. The van der Waals surface area contributed by atoms with E-state index in [2.05, 4.69) is 9.97 Å². The first-order chi connectivity index (χ1) is 15.6. The van der Waals surface area contributed by atoms with Gasteiger partial charge in [0, 0.05) is 26.6 Å². The van der Waals surface area contributed by atoms with Crippen molar-refractivity contribution in [2.24, 2.45) is 0 Å². The van der Waals surface area contributed by atoms with Gasteiger partial charge in [-0.2, -0.15) is 0 Å². The highest BCUT2D eigenvalue weighted by Gasteiger charge is 2.17. The zero-order chi connectivity index (χ0) is 22.5. The van der Waals surface area contributed by atoms with Crippen LogP contribution in [0.5, 0.6) is 0 Å². The molecular weight excluding hydrogens is 412 g/mol. The van der Waals surface area contributed by atoms with Gasteiger partial charge in [0.2, 0.25) is 5.91 Å². The summed E-state index contributed by atoms with van der Waals surface area (Å²) in [7, 11) is 1.56. The first kappa shape index (κ1) is 21.5. The summed E-state index contributed by atoms with van der Waals surface area (Å²) in [5.74, 6) is -0.137. The van der Waals surface area contributed by atoms with Crippen molar-refractivity contribution in [1.29, 1.82) is 0 Å². The molecule has 4 aromatic rings. The number of fused-ring (bicyclic) bond motifs is 2. The van der Waals surface area contributed by atoms with E-state index < -0.39 is 5.76 Å². The second-order valence-corrected chi connectivity index (χ2v) is 7.43. The molecule has 0 saturated heterocycles. The Kier molecular flexibility index (Phi) is 6.46. The van der Waals surface area contributed by atoms with Gasteiger partial charge in [0.25, 0.3) is 5.56 Å². The summed E-state index contributed by atoms with van der Waals surface area (Å²) in [4.78, 5) is 46.2. The predicted molar refractivity (Wildman–Crippen MR) is 119 cm³/mol. The number of aryl methyl sites for hydroxylation is 1. The lowest BCUT2D eigenvalue weighted by Gasteiger charge is -2.22. The van der Waals surface area contributed by atoms with Crippen molar-refractivity contribution in [3.8, 4) is 0 Å². The van der Waals surface area contributed by atoms with Crippen LogP contribution >= 0.6 is 0 Å². The van der Waals surface area contributed by atoms with Crippen LogP contribution in [0.15, 0.2) is 62.5 Å². The molecule has 0 saturated carbocycles. The Morgan fingerprint density at radius 1 is 1.16 bits per heavy atom. The number of rotatable bonds is 9. The molecule has 166 valence electrons. The minimum atomic E-state index is -0.437. The quantitative estimate of drug-likeness (QED) is 0.431. The Hall–Kier alpha value is -3.72. The van der Waals surface area contributed by atoms with Crippen molar-refractivity contribution in [3.63, 3.8) is 0 Å². The van der Waals surface area contributed by atoms with Crippen molar-refractivity contribution < 1.29 is 13.9 Å². The lowest BCUT2D eigenvalue weighted by Crippen LogP contribution is -2.34. The van der Waals surface area contributed by atoms with E-state index in [-0.39, 0.29) is 24.4 Å². The fraction of sp³-hybridized carbons (Fsp3) is 0.304. The van der Waals surface area contributed by atoms with Crippen LogP contribution in [0.1, 0.15) is 18.7 Å². The molecule has 0 spiro atoms. The van der Waals surface area contributed by atoms with Crippen molar-refractivity contribution in [2.75, 3.05) is 20.3 Å². The highest BCUT2D eigenvalue weighted by atomic mass is 16.5. The molecule has 2 heterocycles. The second kappa shape index (κ2) is 9.61. The number of hydrogen-bond donors (Lipinski definition) is 1. The van der Waals surface area contributed by atoms with Crippen molar-refractivity contribution in [1.82, 2.24) is 19.4 Å². The van der Waals surface area contributed by atoms with Gasteiger partial charge in [-0.1, -0.05) is 24.3 Å². The van der Waals surface area contributed by atoms with Crippen LogP contribution in [-0.4, -0.2) is 45.6 Å². The smallest absolute Gasteiger partial charge is 0.408 e. The van der Waals surface area contributed by atoms with Crippen LogP contribution in [0.2, 0.25) is 0 Å². The molecule has 2 aromatic heterocycles. The third-order valence-corrected chi connectivity index (χ3v) is 5.27. The molecule has 0 atom stereocenters. The SMILES string of the molecule is COCCN(Cc1nc2ccccc2c(=O)[nH]1)C(=O)CCCn1c(=O)oc2ccccc21. The highest BCUT2D eigenvalue weighted by Crippen LogP contribution is 2.13. The number of H-pyrrole nitrogens is 1. The van der Waals surface area contributed by atoms with Crippen molar-refractivity contribution in [2.45, 2.75) is 25.9 Å². The normalized spacial score (nSPS) is 11.3. The molecule has 0 aliphatic carbocycles. The van der Waals surface area contributed by atoms with E-state index >= 15 is 0 Å². The Morgan fingerprint density at radius 3 is 2.78 bits per heavy atom. The number of hydrogen-bond acceptors (Lipinski definition) is 6. The monoisotopic (exact) mass is 436 g/mol. The molecule has 2 aromatic carbocycles. The number of carbonyl (C=O) groups excluding carboxylic acids is 1. The highest BCUT2D eigenvalue weighted by molar-refractivity contribution is 5.78. The molecule has 0 aliphatic rings. The van der Waals surface area contributed by atoms with Crippen LogP contribution in [-0.2, 0) is 22.6 Å². The number of oxazole rings is 1. The summed E-state index contributed by atoms with van der Waals surface area (Å²) in [6, 6.07) is 14.3. The standard InChI is InChI=1S/C23H24N4O5/c1-31-14-13-26(15-20-24-17-8-3-2-7-16(17)22(29)25-20)21(28)11-6-12-27-18-9-4-5-10-19(18)32-23(27)30/h2-5,7-10H,6,11-15H2,1H3,(H,24,25,29). The summed E-state index contributed by atoms with van der Waals surface area (Å²) in [6.07, 6.45) is 0.695. The number of nitrogens with one attached hydrogen (secondary N) is 1. The third kappa shape index (κ3) is 4.62. The maximum Gasteiger partial charge on any atom is 0.419 e. The van der Waals surface area contributed by atoms with E-state index in [1.165, 1.54) is 4.57 Å². The number of nitrogens with zero attached hydrogens (tertiary/aromatic N) is 3. The first-order valence-corrected chi connectivity index (χ1v) is 10.4. The number of ether oxygens (including phenoxy) is 1. The van der Waals surface area contributed by atoms with E-state index in [1.54, 1.807) is 42.3 Å². The lowest BCUT2D eigenvalue weighted by atomic mass is 10.2. The van der Waals surface area contributed by atoms with E-state index in [0.717, 1.165) is 0 Å². The fourth-order valence-corrected chi connectivity index (χ4v) is 3.66. The lowest BCUT2D eigenvalue weighted by molar-refractivity contribution is -0.132. The van der Waals surface area contributed by atoms with Gasteiger partial charge in [-0.05, 0) is 30.7 Å². The van der Waals surface area contributed by atoms with Gasteiger partial charge in [-0.25, -0.2) is 9.78 Å². The van der Waals surface area contributed by atoms with E-state index in [4.69, 9.17) is 9.15 Å². The van der Waals surface area contributed by atoms with Gasteiger partial charge < -0.3 is 19.0 Å². The average molecular weight is 436 g/mol. The molecule has 1 N–H and O–H groups in total. The van der Waals surface area contributed by atoms with Crippen molar-refractivity contribution in [3.05, 3.63) is 75.3 Å². The molecule has 0 fully saturated rings. The van der Waals surface area contributed by atoms with E-state index in [0.29, 0.717) is 53.9 Å². The number of benzene rings is 2. The zero-order valence-electron chi connectivity index (χ0n) is 17.7. The average Bonchev–Trinajstić information content (AvgIpc) is 3.11. The van der Waals surface area contributed by atoms with Gasteiger partial charge in [-0.15, -0.1) is 0 Å². The van der Waals surface area contributed by atoms with Gasteiger partial charge >= 0.3 is 5.76 Å². The molecule has 0 radical (unpaired) electrons. The van der Waals surface area contributed by atoms with Gasteiger partial charge in [-0.3, -0.25) is 14.2 Å². The second-order valence-electron chi connectivity index (χ2n) is 7.43. The molecular formula is C23H24N4O5. The summed E-state index contributed by atoms with van der Waals surface area (Å²) in [6.45, 7) is 1.25. The number of aromatic amines is 1. The fourth-order valence-electron chi connectivity index (χ4n) is 3.66. The van der Waals surface area contributed by atoms with Crippen LogP contribution in [0.3, 0.4) is 0 Å². The molecule has 0 unspecified atom stereocenters. The number of para-hydroxylation sites is 3. The molecule has 0 bridgehead atoms. The number of methoxy groups -OCH3 is 1. The Labute approximate surface area is 183 Å². The third-order valence-electron chi connectivity index (χ3n) is 5.27. The molecule has 1 amide bonds. The zero-order valence-corrected chi connectivity index (χ0v) is 17.7. The maximum absolute atomic E-state index is 12.9. The molecule has 4 rings (SSSR count). The Morgan fingerprint density at radius 2 is 1.94 bits per heavy atom. The Balaban J connectivity index is 1.45. The molecule has 9 heteroatoms. The predicted octanol–water partition coefficient (Wildman–Crippen LogP) is 2.29. The molecule has 0 aliphatic heterocycles. The maximum atomic E-state index is 12.9. The molecule has 9 nitrogen and oxygen atoms in total. The summed E-state index contributed by atoms with van der Waals surface area (Å²) in [5, 5.41) is 0.504. The topological polar surface area (TPSA) is 110 Å². The molecule has 32 heavy (non-hydrogen) atoms. The van der Waals surface area contributed by atoms with Crippen LogP contribution in [0.4, 0.5) is 0 Å². The summed E-state index contributed by atoms with van der Waals surface area (Å²) >= 11 is 0. The van der Waals surface area contributed by atoms with Crippen LogP contribution in [0.25, 0.3) is 22.0 Å².